The van der Waals surface area contributed by atoms with Crippen molar-refractivity contribution in [1.82, 2.24) is 10.6 Å². The molecule has 6 nitrogen and oxygen atoms in total. The highest BCUT2D eigenvalue weighted by Gasteiger charge is 2.31. The van der Waals surface area contributed by atoms with Gasteiger partial charge < -0.3 is 20.5 Å². The van der Waals surface area contributed by atoms with E-state index >= 15 is 0 Å². The quantitative estimate of drug-likeness (QED) is 0.333. The zero-order valence-corrected chi connectivity index (χ0v) is 18.5. The number of hydrogen-bond donors (Lipinski definition) is 3. The number of carbonyl (C=O) groups excluding carboxylic acids is 2. The van der Waals surface area contributed by atoms with E-state index in [1.807, 2.05) is 0 Å². The molecule has 0 aliphatic carbocycles. The Morgan fingerprint density at radius 2 is 1.75 bits per heavy atom. The Morgan fingerprint density at radius 1 is 1.09 bits per heavy atom. The molecule has 3 N–H and O–H groups in total. The fourth-order valence-corrected chi connectivity index (χ4v) is 2.88. The minimum absolute atomic E-state index is 0.0115. The van der Waals surface area contributed by atoms with Crippen LogP contribution in [0.15, 0.2) is 49.1 Å². The lowest BCUT2D eigenvalue weighted by Crippen LogP contribution is -2.45. The van der Waals surface area contributed by atoms with Crippen LogP contribution in [0.5, 0.6) is 5.75 Å². The number of aliphatic hydroxyl groups is 1. The topological polar surface area (TPSA) is 87.7 Å². The molecule has 0 spiro atoms. The number of rotatable bonds is 11. The summed E-state index contributed by atoms with van der Waals surface area (Å²) < 4.78 is 32.0. The first kappa shape index (κ1) is 25.6. The van der Waals surface area contributed by atoms with E-state index in [0.717, 1.165) is 12.1 Å². The number of carbonyl (C=O) groups is 2. The van der Waals surface area contributed by atoms with Gasteiger partial charge in [-0.2, -0.15) is 0 Å². The van der Waals surface area contributed by atoms with Crippen LogP contribution in [0.3, 0.4) is 0 Å². The highest BCUT2D eigenvalue weighted by Crippen LogP contribution is 2.20. The molecule has 32 heavy (non-hydrogen) atoms. The molecule has 1 unspecified atom stereocenters. The predicted octanol–water partition coefficient (Wildman–Crippen LogP) is 3.78. The fourth-order valence-electron chi connectivity index (χ4n) is 2.65. The Hall–Kier alpha value is -2.68. The van der Waals surface area contributed by atoms with E-state index in [4.69, 9.17) is 27.9 Å². The lowest BCUT2D eigenvalue weighted by molar-refractivity contribution is -0.136. The number of benzene rings is 2. The molecule has 0 heterocycles. The van der Waals surface area contributed by atoms with Gasteiger partial charge in [0, 0.05) is 19.2 Å². The van der Waals surface area contributed by atoms with E-state index in [-0.39, 0.29) is 48.3 Å². The molecule has 172 valence electrons. The summed E-state index contributed by atoms with van der Waals surface area (Å²) in [5, 5.41) is 15.5. The lowest BCUT2D eigenvalue weighted by atomic mass is 9.96. The van der Waals surface area contributed by atoms with Crippen LogP contribution in [0.2, 0.25) is 10.0 Å². The molecular formula is C22H22Cl2F2N2O4. The van der Waals surface area contributed by atoms with Gasteiger partial charge in [-0.05, 0) is 42.7 Å². The number of halogens is 4. The predicted molar refractivity (Wildman–Crippen MR) is 118 cm³/mol. The van der Waals surface area contributed by atoms with Gasteiger partial charge in [-0.3, -0.25) is 9.59 Å². The van der Waals surface area contributed by atoms with E-state index in [1.54, 1.807) is 6.07 Å². The van der Waals surface area contributed by atoms with Gasteiger partial charge in [0.05, 0.1) is 10.0 Å². The summed E-state index contributed by atoms with van der Waals surface area (Å²) in [7, 11) is 0. The van der Waals surface area contributed by atoms with Crippen LogP contribution in [0, 0.1) is 11.6 Å². The highest BCUT2D eigenvalue weighted by molar-refractivity contribution is 6.31. The molecule has 0 fully saturated rings. The number of amides is 2. The molecule has 0 aromatic heterocycles. The van der Waals surface area contributed by atoms with Gasteiger partial charge in [-0.25, -0.2) is 8.78 Å². The van der Waals surface area contributed by atoms with E-state index in [1.165, 1.54) is 24.3 Å². The lowest BCUT2D eigenvalue weighted by Gasteiger charge is -2.23. The third kappa shape index (κ3) is 7.47. The smallest absolute Gasteiger partial charge is 0.257 e. The number of hydrogen-bond acceptors (Lipinski definition) is 4. The third-order valence-electron chi connectivity index (χ3n) is 4.49. The van der Waals surface area contributed by atoms with Gasteiger partial charge in [0.1, 0.15) is 17.4 Å². The molecule has 2 rings (SSSR count). The second-order valence-corrected chi connectivity index (χ2v) is 7.69. The van der Waals surface area contributed by atoms with Gasteiger partial charge in [0.2, 0.25) is 0 Å². The minimum Gasteiger partial charge on any atom is -0.484 e. The first-order valence-electron chi connectivity index (χ1n) is 9.57. The van der Waals surface area contributed by atoms with Crippen molar-refractivity contribution in [2.75, 3.05) is 13.2 Å². The molecule has 0 radical (unpaired) electrons. The Morgan fingerprint density at radius 3 is 2.38 bits per heavy atom. The van der Waals surface area contributed by atoms with Crippen molar-refractivity contribution in [1.29, 1.82) is 0 Å². The highest BCUT2D eigenvalue weighted by atomic mass is 35.5. The molecule has 0 aliphatic heterocycles. The third-order valence-corrected chi connectivity index (χ3v) is 5.10. The first-order chi connectivity index (χ1) is 15.1. The van der Waals surface area contributed by atoms with Crippen LogP contribution < -0.4 is 15.4 Å². The molecule has 2 aromatic carbocycles. The van der Waals surface area contributed by atoms with Crippen molar-refractivity contribution in [2.24, 2.45) is 0 Å². The summed E-state index contributed by atoms with van der Waals surface area (Å²) in [5.74, 6) is -2.29. The second-order valence-electron chi connectivity index (χ2n) is 6.88. The Labute approximate surface area is 194 Å². The molecule has 2 amide bonds. The van der Waals surface area contributed by atoms with E-state index in [0.29, 0.717) is 5.56 Å². The number of ether oxygens (including phenoxy) is 1. The Kier molecular flexibility index (Phi) is 9.43. The summed E-state index contributed by atoms with van der Waals surface area (Å²) in [5.41, 5.74) is -1.40. The molecule has 10 heteroatoms. The molecular weight excluding hydrogens is 465 g/mol. The van der Waals surface area contributed by atoms with Crippen molar-refractivity contribution >= 4 is 35.0 Å². The van der Waals surface area contributed by atoms with Gasteiger partial charge in [0.15, 0.2) is 12.2 Å². The zero-order valence-electron chi connectivity index (χ0n) is 17.0. The molecule has 0 saturated heterocycles. The molecule has 2 aromatic rings. The van der Waals surface area contributed by atoms with Gasteiger partial charge in [-0.15, -0.1) is 0 Å². The summed E-state index contributed by atoms with van der Waals surface area (Å²) >= 11 is 11.2. The Bertz CT molecular complexity index is 990. The van der Waals surface area contributed by atoms with Gasteiger partial charge >= 0.3 is 0 Å². The SMILES string of the molecule is C=CC(O)(CCCNC(=O)COc1ccc(Cl)c(F)c1)C(=O)NCc1ccc(Cl)c(F)c1. The molecule has 0 saturated carbocycles. The van der Waals surface area contributed by atoms with Crippen LogP contribution in [0.1, 0.15) is 18.4 Å². The van der Waals surface area contributed by atoms with Crippen LogP contribution in [0.4, 0.5) is 8.78 Å². The van der Waals surface area contributed by atoms with Crippen LogP contribution in [-0.4, -0.2) is 35.7 Å². The Balaban J connectivity index is 1.74. The monoisotopic (exact) mass is 486 g/mol. The minimum atomic E-state index is -1.87. The fraction of sp³-hybridized carbons (Fsp3) is 0.273. The molecule has 0 bridgehead atoms. The summed E-state index contributed by atoms with van der Waals surface area (Å²) in [6.07, 6.45) is 1.35. The van der Waals surface area contributed by atoms with E-state index in [9.17, 15) is 23.5 Å². The summed E-state index contributed by atoms with van der Waals surface area (Å²) in [4.78, 5) is 24.2. The van der Waals surface area contributed by atoms with Gasteiger partial charge in [0.25, 0.3) is 11.8 Å². The van der Waals surface area contributed by atoms with Crippen LogP contribution >= 0.6 is 23.2 Å². The number of nitrogens with one attached hydrogen (secondary N) is 2. The zero-order chi connectivity index (χ0) is 23.7. The van der Waals surface area contributed by atoms with Crippen molar-refractivity contribution in [3.63, 3.8) is 0 Å². The largest absolute Gasteiger partial charge is 0.484 e. The molecule has 0 aliphatic rings. The van der Waals surface area contributed by atoms with Crippen LogP contribution in [0.25, 0.3) is 0 Å². The summed E-state index contributed by atoms with van der Waals surface area (Å²) in [6, 6.07) is 7.92. The first-order valence-corrected chi connectivity index (χ1v) is 10.3. The van der Waals surface area contributed by atoms with Gasteiger partial charge in [-0.1, -0.05) is 41.9 Å². The van der Waals surface area contributed by atoms with Crippen molar-refractivity contribution < 1.29 is 28.2 Å². The summed E-state index contributed by atoms with van der Waals surface area (Å²) in [6.45, 7) is 3.29. The van der Waals surface area contributed by atoms with Crippen molar-refractivity contribution in [3.05, 3.63) is 76.3 Å². The van der Waals surface area contributed by atoms with E-state index in [2.05, 4.69) is 17.2 Å². The average Bonchev–Trinajstić information content (AvgIpc) is 2.77. The normalized spacial score (nSPS) is 12.5. The van der Waals surface area contributed by atoms with Crippen molar-refractivity contribution in [3.8, 4) is 5.75 Å². The van der Waals surface area contributed by atoms with Crippen molar-refractivity contribution in [2.45, 2.75) is 25.0 Å². The van der Waals surface area contributed by atoms with E-state index < -0.39 is 29.0 Å². The maximum Gasteiger partial charge on any atom is 0.257 e. The maximum absolute atomic E-state index is 13.5. The molecule has 1 atom stereocenters. The standard InChI is InChI=1S/C22H22Cl2F2N2O4/c1-2-22(31,21(30)28-12-14-4-6-16(23)18(25)10-14)8-3-9-27-20(29)13-32-15-5-7-17(24)19(26)11-15/h2,4-7,10-11,31H,1,3,8-9,12-13H2,(H,27,29)(H,28,30). The second kappa shape index (κ2) is 11.8. The average molecular weight is 487 g/mol. The van der Waals surface area contributed by atoms with Crippen LogP contribution in [-0.2, 0) is 16.1 Å². The maximum atomic E-state index is 13.5.